The van der Waals surface area contributed by atoms with Crippen molar-refractivity contribution in [3.8, 4) is 11.5 Å². The lowest BCUT2D eigenvalue weighted by atomic mass is 10.1. The van der Waals surface area contributed by atoms with Crippen LogP contribution in [0.15, 0.2) is 12.1 Å². The zero-order valence-electron chi connectivity index (χ0n) is 11.8. The first kappa shape index (κ1) is 12.9. The smallest absolute Gasteiger partial charge is 0.231 e. The first-order valence-electron chi connectivity index (χ1n) is 7.22. The maximum Gasteiger partial charge on any atom is 0.231 e. The Morgan fingerprint density at radius 1 is 1.43 bits per heavy atom. The molecule has 2 heterocycles. The molecule has 1 atom stereocenters. The molecule has 1 aromatic heterocycles. The van der Waals surface area contributed by atoms with Crippen LogP contribution >= 0.6 is 12.2 Å². The van der Waals surface area contributed by atoms with Gasteiger partial charge in [-0.1, -0.05) is 19.1 Å². The molecule has 0 bridgehead atoms. The molecule has 1 aliphatic carbocycles. The van der Waals surface area contributed by atoms with Crippen LogP contribution in [0.5, 0.6) is 11.5 Å². The molecule has 1 aliphatic heterocycles. The molecule has 0 saturated heterocycles. The number of thiocarbonyl (C=S) groups is 1. The van der Waals surface area contributed by atoms with Crippen molar-refractivity contribution in [1.29, 1.82) is 0 Å². The Balaban J connectivity index is 1.84. The van der Waals surface area contributed by atoms with Gasteiger partial charge in [-0.25, -0.2) is 4.98 Å². The van der Waals surface area contributed by atoms with E-state index in [1.165, 1.54) is 12.8 Å². The van der Waals surface area contributed by atoms with Crippen molar-refractivity contribution in [1.82, 2.24) is 9.55 Å². The SMILES string of the molecule is CC(Cn1c(C2CC2)nc2cc3c(cc21)OCO3)C(N)=S. The third-order valence-electron chi connectivity index (χ3n) is 4.16. The van der Waals surface area contributed by atoms with Crippen LogP contribution in [0, 0.1) is 5.92 Å². The molecule has 1 unspecified atom stereocenters. The molecule has 2 N–H and O–H groups in total. The van der Waals surface area contributed by atoms with Gasteiger partial charge in [-0.05, 0) is 12.8 Å². The third kappa shape index (κ3) is 2.14. The Kier molecular flexibility index (Phi) is 2.82. The average molecular weight is 303 g/mol. The number of ether oxygens (including phenoxy) is 2. The summed E-state index contributed by atoms with van der Waals surface area (Å²) in [7, 11) is 0. The summed E-state index contributed by atoms with van der Waals surface area (Å²) in [4.78, 5) is 5.35. The predicted molar refractivity (Wildman–Crippen MR) is 83.8 cm³/mol. The van der Waals surface area contributed by atoms with Crippen molar-refractivity contribution in [2.75, 3.05) is 6.79 Å². The highest BCUT2D eigenvalue weighted by atomic mass is 32.1. The van der Waals surface area contributed by atoms with Crippen molar-refractivity contribution in [2.45, 2.75) is 32.2 Å². The number of rotatable bonds is 4. The number of fused-ring (bicyclic) bond motifs is 2. The van der Waals surface area contributed by atoms with E-state index in [2.05, 4.69) is 11.5 Å². The summed E-state index contributed by atoms with van der Waals surface area (Å²) >= 11 is 5.12. The summed E-state index contributed by atoms with van der Waals surface area (Å²) in [5, 5.41) is 0. The van der Waals surface area contributed by atoms with Crippen LogP contribution in [-0.2, 0) is 6.54 Å². The van der Waals surface area contributed by atoms with Crippen molar-refractivity contribution in [3.05, 3.63) is 18.0 Å². The minimum atomic E-state index is 0.139. The summed E-state index contributed by atoms with van der Waals surface area (Å²) in [6, 6.07) is 3.98. The van der Waals surface area contributed by atoms with Crippen LogP contribution in [-0.4, -0.2) is 21.3 Å². The quantitative estimate of drug-likeness (QED) is 0.880. The molecule has 110 valence electrons. The van der Waals surface area contributed by atoms with Crippen molar-refractivity contribution >= 4 is 28.2 Å². The molecule has 1 saturated carbocycles. The van der Waals surface area contributed by atoms with Gasteiger partial charge in [0.1, 0.15) is 5.82 Å². The fourth-order valence-corrected chi connectivity index (χ4v) is 2.82. The highest BCUT2D eigenvalue weighted by Gasteiger charge is 2.31. The number of imidazole rings is 1. The number of nitrogens with zero attached hydrogens (tertiary/aromatic N) is 2. The van der Waals surface area contributed by atoms with Crippen LogP contribution in [0.4, 0.5) is 0 Å². The topological polar surface area (TPSA) is 62.3 Å². The number of hydrogen-bond donors (Lipinski definition) is 1. The standard InChI is InChI=1S/C15H17N3O2S/c1-8(14(16)21)6-18-11-5-13-12(19-7-20-13)4-10(11)17-15(18)9-2-3-9/h4-5,8-9H,2-3,6-7H2,1H3,(H2,16,21). The van der Waals surface area contributed by atoms with E-state index >= 15 is 0 Å². The summed E-state index contributed by atoms with van der Waals surface area (Å²) < 4.78 is 13.2. The Morgan fingerprint density at radius 2 is 2.14 bits per heavy atom. The second kappa shape index (κ2) is 4.59. The third-order valence-corrected chi connectivity index (χ3v) is 4.56. The molecular weight excluding hydrogens is 286 g/mol. The fourth-order valence-electron chi connectivity index (χ4n) is 2.74. The zero-order chi connectivity index (χ0) is 14.6. The molecule has 0 radical (unpaired) electrons. The maximum absolute atomic E-state index is 5.78. The predicted octanol–water partition coefficient (Wildman–Crippen LogP) is 2.56. The molecule has 0 amide bonds. The zero-order valence-corrected chi connectivity index (χ0v) is 12.7. The Morgan fingerprint density at radius 3 is 2.81 bits per heavy atom. The fraction of sp³-hybridized carbons (Fsp3) is 0.467. The van der Waals surface area contributed by atoms with E-state index in [-0.39, 0.29) is 12.7 Å². The van der Waals surface area contributed by atoms with Crippen LogP contribution in [0.1, 0.15) is 31.5 Å². The highest BCUT2D eigenvalue weighted by molar-refractivity contribution is 7.80. The minimum absolute atomic E-state index is 0.139. The molecular formula is C15H17N3O2S. The summed E-state index contributed by atoms with van der Waals surface area (Å²) in [6.45, 7) is 3.09. The van der Waals surface area contributed by atoms with Gasteiger partial charge >= 0.3 is 0 Å². The van der Waals surface area contributed by atoms with Gasteiger partial charge < -0.3 is 19.8 Å². The molecule has 0 spiro atoms. The van der Waals surface area contributed by atoms with Gasteiger partial charge in [-0.2, -0.15) is 0 Å². The van der Waals surface area contributed by atoms with E-state index in [0.717, 1.165) is 34.9 Å². The Labute approximate surface area is 128 Å². The maximum atomic E-state index is 5.78. The van der Waals surface area contributed by atoms with Crippen LogP contribution in [0.2, 0.25) is 0 Å². The summed E-state index contributed by atoms with van der Waals surface area (Å²) in [5.74, 6) is 3.40. The molecule has 1 aromatic carbocycles. The monoisotopic (exact) mass is 303 g/mol. The van der Waals surface area contributed by atoms with Crippen molar-refractivity contribution < 1.29 is 9.47 Å². The second-order valence-electron chi connectivity index (χ2n) is 5.85. The van der Waals surface area contributed by atoms with Crippen LogP contribution in [0.3, 0.4) is 0 Å². The van der Waals surface area contributed by atoms with E-state index in [1.54, 1.807) is 0 Å². The van der Waals surface area contributed by atoms with E-state index in [4.69, 9.17) is 32.4 Å². The lowest BCUT2D eigenvalue weighted by Gasteiger charge is -2.14. The van der Waals surface area contributed by atoms with Crippen molar-refractivity contribution in [2.24, 2.45) is 11.7 Å². The van der Waals surface area contributed by atoms with Gasteiger partial charge in [-0.3, -0.25) is 0 Å². The minimum Gasteiger partial charge on any atom is -0.454 e. The molecule has 6 heteroatoms. The van der Waals surface area contributed by atoms with Gasteiger partial charge in [0.15, 0.2) is 11.5 Å². The first-order valence-corrected chi connectivity index (χ1v) is 7.63. The highest BCUT2D eigenvalue weighted by Crippen LogP contribution is 2.43. The van der Waals surface area contributed by atoms with Crippen molar-refractivity contribution in [3.63, 3.8) is 0 Å². The lowest BCUT2D eigenvalue weighted by Crippen LogP contribution is -2.23. The van der Waals surface area contributed by atoms with Gasteiger partial charge in [0, 0.05) is 30.5 Å². The van der Waals surface area contributed by atoms with Gasteiger partial charge in [0.25, 0.3) is 0 Å². The Hall–Kier alpha value is -1.82. The van der Waals surface area contributed by atoms with E-state index in [0.29, 0.717) is 10.9 Å². The first-order chi connectivity index (χ1) is 10.1. The molecule has 2 aromatic rings. The van der Waals surface area contributed by atoms with Crippen LogP contribution < -0.4 is 15.2 Å². The lowest BCUT2D eigenvalue weighted by molar-refractivity contribution is 0.174. The molecule has 2 aliphatic rings. The number of benzene rings is 1. The van der Waals surface area contributed by atoms with Gasteiger partial charge in [0.2, 0.25) is 6.79 Å². The second-order valence-corrected chi connectivity index (χ2v) is 6.32. The molecule has 5 nitrogen and oxygen atoms in total. The molecule has 4 rings (SSSR count). The van der Waals surface area contributed by atoms with E-state index in [9.17, 15) is 0 Å². The number of hydrogen-bond acceptors (Lipinski definition) is 4. The average Bonchev–Trinajstić information content (AvgIpc) is 3.10. The number of nitrogens with two attached hydrogens (primary N) is 1. The Bertz CT molecular complexity index is 736. The van der Waals surface area contributed by atoms with E-state index < -0.39 is 0 Å². The van der Waals surface area contributed by atoms with Gasteiger partial charge in [0.05, 0.1) is 16.0 Å². The largest absolute Gasteiger partial charge is 0.454 e. The molecule has 21 heavy (non-hydrogen) atoms. The van der Waals surface area contributed by atoms with E-state index in [1.807, 2.05) is 12.1 Å². The van der Waals surface area contributed by atoms with Crippen LogP contribution in [0.25, 0.3) is 11.0 Å². The summed E-state index contributed by atoms with van der Waals surface area (Å²) in [5.41, 5.74) is 7.81. The molecule has 1 fully saturated rings. The normalized spacial score (nSPS) is 18.1. The van der Waals surface area contributed by atoms with Gasteiger partial charge in [-0.15, -0.1) is 0 Å². The number of aromatic nitrogens is 2. The summed E-state index contributed by atoms with van der Waals surface area (Å²) in [6.07, 6.45) is 2.41.